The summed E-state index contributed by atoms with van der Waals surface area (Å²) in [6.07, 6.45) is 0. The number of aromatic nitrogens is 2. The summed E-state index contributed by atoms with van der Waals surface area (Å²) in [7, 11) is 0. The third-order valence-corrected chi connectivity index (χ3v) is 3.05. The first-order valence-electron chi connectivity index (χ1n) is 6.66. The molecule has 1 heterocycles. The van der Waals surface area contributed by atoms with E-state index >= 15 is 0 Å². The number of anilines is 2. The van der Waals surface area contributed by atoms with Crippen LogP contribution in [0.25, 0.3) is 0 Å². The van der Waals surface area contributed by atoms with Crippen LogP contribution in [0, 0.1) is 13.8 Å². The molecule has 0 saturated carbocycles. The molecular formula is C15H20N4O. The molecule has 0 amide bonds. The molecule has 0 aliphatic carbocycles. The van der Waals surface area contributed by atoms with Gasteiger partial charge in [-0.3, -0.25) is 0 Å². The van der Waals surface area contributed by atoms with Crippen LogP contribution >= 0.6 is 0 Å². The van der Waals surface area contributed by atoms with E-state index in [1.54, 1.807) is 6.07 Å². The lowest BCUT2D eigenvalue weighted by atomic mass is 10.1. The van der Waals surface area contributed by atoms with E-state index in [1.165, 1.54) is 0 Å². The second-order valence-corrected chi connectivity index (χ2v) is 4.56. The molecule has 0 saturated heterocycles. The van der Waals surface area contributed by atoms with Crippen LogP contribution in [0.4, 0.5) is 11.5 Å². The zero-order valence-corrected chi connectivity index (χ0v) is 12.1. The number of nitrogens with two attached hydrogens (primary N) is 1. The average molecular weight is 272 g/mol. The van der Waals surface area contributed by atoms with Gasteiger partial charge in [0, 0.05) is 18.3 Å². The summed E-state index contributed by atoms with van der Waals surface area (Å²) in [6, 6.07) is 7.71. The highest BCUT2D eigenvalue weighted by Crippen LogP contribution is 2.18. The third kappa shape index (κ3) is 3.38. The van der Waals surface area contributed by atoms with Crippen molar-refractivity contribution in [1.82, 2.24) is 9.97 Å². The summed E-state index contributed by atoms with van der Waals surface area (Å²) in [5.41, 5.74) is 8.95. The second kappa shape index (κ2) is 6.23. The van der Waals surface area contributed by atoms with Crippen LogP contribution in [0.15, 0.2) is 24.3 Å². The maximum absolute atomic E-state index is 5.90. The van der Waals surface area contributed by atoms with Gasteiger partial charge in [-0.15, -0.1) is 0 Å². The molecule has 5 heteroatoms. The Bertz CT molecular complexity index is 598. The van der Waals surface area contributed by atoms with E-state index in [-0.39, 0.29) is 0 Å². The quantitative estimate of drug-likeness (QED) is 0.819. The number of aryl methyl sites for hydroxylation is 1. The van der Waals surface area contributed by atoms with Crippen LogP contribution in [0.2, 0.25) is 0 Å². The molecule has 3 N–H and O–H groups in total. The summed E-state index contributed by atoms with van der Waals surface area (Å²) in [6.45, 7) is 7.05. The highest BCUT2D eigenvalue weighted by Gasteiger charge is 2.04. The Morgan fingerprint density at radius 1 is 1.25 bits per heavy atom. The molecule has 0 bridgehead atoms. The molecule has 0 atom stereocenters. The van der Waals surface area contributed by atoms with Crippen molar-refractivity contribution in [2.24, 2.45) is 0 Å². The molecule has 0 aliphatic heterocycles. The van der Waals surface area contributed by atoms with Crippen LogP contribution in [0.3, 0.4) is 0 Å². The van der Waals surface area contributed by atoms with Gasteiger partial charge < -0.3 is 15.8 Å². The second-order valence-electron chi connectivity index (χ2n) is 4.56. The van der Waals surface area contributed by atoms with Gasteiger partial charge in [-0.25, -0.2) is 4.98 Å². The van der Waals surface area contributed by atoms with E-state index in [0.717, 1.165) is 22.6 Å². The van der Waals surface area contributed by atoms with E-state index in [9.17, 15) is 0 Å². The van der Waals surface area contributed by atoms with Gasteiger partial charge in [0.05, 0.1) is 6.61 Å². The third-order valence-electron chi connectivity index (χ3n) is 3.05. The topological polar surface area (TPSA) is 73.1 Å². The zero-order valence-electron chi connectivity index (χ0n) is 12.1. The molecule has 1 aromatic carbocycles. The van der Waals surface area contributed by atoms with E-state index in [0.29, 0.717) is 24.9 Å². The summed E-state index contributed by atoms with van der Waals surface area (Å²) in [5.74, 6) is 2.03. The lowest BCUT2D eigenvalue weighted by Crippen LogP contribution is -2.06. The Hall–Kier alpha value is -2.30. The highest BCUT2D eigenvalue weighted by molar-refractivity contribution is 5.51. The first kappa shape index (κ1) is 14.1. The molecule has 0 radical (unpaired) electrons. The minimum atomic E-state index is 0.588. The molecule has 2 aromatic rings. The monoisotopic (exact) mass is 272 g/mol. The van der Waals surface area contributed by atoms with Gasteiger partial charge in [-0.05, 0) is 38.0 Å². The van der Waals surface area contributed by atoms with Crippen LogP contribution in [-0.2, 0) is 6.54 Å². The average Bonchev–Trinajstić information content (AvgIpc) is 2.40. The van der Waals surface area contributed by atoms with Crippen molar-refractivity contribution in [3.63, 3.8) is 0 Å². The van der Waals surface area contributed by atoms with Crippen LogP contribution in [0.1, 0.15) is 23.9 Å². The smallest absolute Gasteiger partial charge is 0.218 e. The molecule has 20 heavy (non-hydrogen) atoms. The largest absolute Gasteiger partial charge is 0.478 e. The molecular weight excluding hydrogens is 252 g/mol. The van der Waals surface area contributed by atoms with Crippen LogP contribution in [-0.4, -0.2) is 16.6 Å². The Morgan fingerprint density at radius 2 is 2.05 bits per heavy atom. The number of benzene rings is 1. The first-order chi connectivity index (χ1) is 9.60. The number of nitrogens with one attached hydrogen (secondary N) is 1. The SMILES string of the molecule is CCOc1cc(NCc2cccc(N)c2C)nc(C)n1. The number of hydrogen-bond acceptors (Lipinski definition) is 5. The fourth-order valence-corrected chi connectivity index (χ4v) is 1.93. The predicted molar refractivity (Wildman–Crippen MR) is 80.9 cm³/mol. The van der Waals surface area contributed by atoms with Gasteiger partial charge in [0.1, 0.15) is 11.6 Å². The molecule has 0 aliphatic rings. The first-order valence-corrected chi connectivity index (χ1v) is 6.66. The Kier molecular flexibility index (Phi) is 4.40. The molecule has 106 valence electrons. The maximum Gasteiger partial charge on any atom is 0.218 e. The van der Waals surface area contributed by atoms with Gasteiger partial charge in [0.15, 0.2) is 0 Å². The van der Waals surface area contributed by atoms with Gasteiger partial charge in [-0.1, -0.05) is 12.1 Å². The normalized spacial score (nSPS) is 10.3. The number of nitrogens with zero attached hydrogens (tertiary/aromatic N) is 2. The molecule has 0 fully saturated rings. The number of rotatable bonds is 5. The predicted octanol–water partition coefficient (Wildman–Crippen LogP) is 2.69. The lowest BCUT2D eigenvalue weighted by Gasteiger charge is -2.11. The van der Waals surface area contributed by atoms with Crippen molar-refractivity contribution in [2.75, 3.05) is 17.7 Å². The summed E-state index contributed by atoms with van der Waals surface area (Å²) in [4.78, 5) is 8.57. The van der Waals surface area contributed by atoms with Crippen LogP contribution < -0.4 is 15.8 Å². The van der Waals surface area contributed by atoms with Crippen molar-refractivity contribution in [1.29, 1.82) is 0 Å². The van der Waals surface area contributed by atoms with Gasteiger partial charge in [0.25, 0.3) is 0 Å². The molecule has 0 spiro atoms. The molecule has 0 unspecified atom stereocenters. The van der Waals surface area contributed by atoms with Crippen LogP contribution in [0.5, 0.6) is 5.88 Å². The fourth-order valence-electron chi connectivity index (χ4n) is 1.93. The lowest BCUT2D eigenvalue weighted by molar-refractivity contribution is 0.325. The van der Waals surface area contributed by atoms with Crippen molar-refractivity contribution in [3.05, 3.63) is 41.2 Å². The van der Waals surface area contributed by atoms with Crippen molar-refractivity contribution >= 4 is 11.5 Å². The fraction of sp³-hybridized carbons (Fsp3) is 0.333. The minimum Gasteiger partial charge on any atom is -0.478 e. The Balaban J connectivity index is 2.12. The Morgan fingerprint density at radius 3 is 2.80 bits per heavy atom. The number of ether oxygens (including phenoxy) is 1. The number of nitrogen functional groups attached to an aromatic ring is 1. The van der Waals surface area contributed by atoms with Gasteiger partial charge >= 0.3 is 0 Å². The Labute approximate surface area is 119 Å². The van der Waals surface area contributed by atoms with Gasteiger partial charge in [0.2, 0.25) is 5.88 Å². The molecule has 2 rings (SSSR count). The zero-order chi connectivity index (χ0) is 14.5. The van der Waals surface area contributed by atoms with E-state index < -0.39 is 0 Å². The summed E-state index contributed by atoms with van der Waals surface area (Å²) >= 11 is 0. The standard InChI is InChI=1S/C15H20N4O/c1-4-20-15-8-14(18-11(3)19-15)17-9-12-6-5-7-13(16)10(12)2/h5-8H,4,9,16H2,1-3H3,(H,17,18,19). The van der Waals surface area contributed by atoms with Crippen molar-refractivity contribution in [2.45, 2.75) is 27.3 Å². The molecule has 1 aromatic heterocycles. The summed E-state index contributed by atoms with van der Waals surface area (Å²) in [5, 5.41) is 3.28. The highest BCUT2D eigenvalue weighted by atomic mass is 16.5. The van der Waals surface area contributed by atoms with Crippen molar-refractivity contribution < 1.29 is 4.74 Å². The summed E-state index contributed by atoms with van der Waals surface area (Å²) < 4.78 is 5.41. The van der Waals surface area contributed by atoms with E-state index in [4.69, 9.17) is 10.5 Å². The maximum atomic E-state index is 5.90. The number of hydrogen-bond donors (Lipinski definition) is 2. The minimum absolute atomic E-state index is 0.588. The molecule has 5 nitrogen and oxygen atoms in total. The van der Waals surface area contributed by atoms with E-state index in [1.807, 2.05) is 32.9 Å². The van der Waals surface area contributed by atoms with E-state index in [2.05, 4.69) is 21.4 Å². The van der Waals surface area contributed by atoms with Crippen molar-refractivity contribution in [3.8, 4) is 5.88 Å². The van der Waals surface area contributed by atoms with Gasteiger partial charge in [-0.2, -0.15) is 4.98 Å².